The molecule has 2 N–H and O–H groups in total. The van der Waals surface area contributed by atoms with Crippen molar-refractivity contribution >= 4 is 17.0 Å². The summed E-state index contributed by atoms with van der Waals surface area (Å²) in [5, 5.41) is 7.64. The van der Waals surface area contributed by atoms with E-state index in [1.54, 1.807) is 11.3 Å². The van der Waals surface area contributed by atoms with Gasteiger partial charge in [0.15, 0.2) is 0 Å². The van der Waals surface area contributed by atoms with Gasteiger partial charge in [-0.05, 0) is 13.8 Å². The van der Waals surface area contributed by atoms with Crippen LogP contribution in [0.4, 0.5) is 5.69 Å². The molecule has 2 aromatic heterocycles. The van der Waals surface area contributed by atoms with Crippen LogP contribution in [0.1, 0.15) is 42.9 Å². The van der Waals surface area contributed by atoms with Crippen molar-refractivity contribution in [2.75, 3.05) is 5.73 Å². The Balaban J connectivity index is 2.24. The highest BCUT2D eigenvalue weighted by Gasteiger charge is 2.18. The molecule has 0 amide bonds. The van der Waals surface area contributed by atoms with Gasteiger partial charge in [0.2, 0.25) is 0 Å². The van der Waals surface area contributed by atoms with Crippen LogP contribution in [0.25, 0.3) is 0 Å². The van der Waals surface area contributed by atoms with Crippen molar-refractivity contribution < 1.29 is 0 Å². The van der Waals surface area contributed by atoms with Gasteiger partial charge in [-0.25, -0.2) is 4.98 Å². The van der Waals surface area contributed by atoms with E-state index in [0.29, 0.717) is 6.54 Å². The fraction of sp³-hybridized carbons (Fsp3) is 0.538. The minimum Gasteiger partial charge on any atom is -0.396 e. The average Bonchev–Trinajstić information content (AvgIpc) is 2.81. The Morgan fingerprint density at radius 2 is 2.00 bits per heavy atom. The van der Waals surface area contributed by atoms with E-state index >= 15 is 0 Å². The molecule has 0 saturated heterocycles. The number of nitrogens with two attached hydrogens (primary N) is 1. The van der Waals surface area contributed by atoms with Gasteiger partial charge < -0.3 is 5.73 Å². The molecule has 0 atom stereocenters. The number of aromatic nitrogens is 3. The highest BCUT2D eigenvalue weighted by molar-refractivity contribution is 7.09. The number of thiazole rings is 1. The first-order valence-electron chi connectivity index (χ1n) is 6.03. The van der Waals surface area contributed by atoms with Crippen molar-refractivity contribution in [3.8, 4) is 0 Å². The van der Waals surface area contributed by atoms with E-state index in [1.807, 2.05) is 18.5 Å². The minimum absolute atomic E-state index is 0.100. The topological polar surface area (TPSA) is 56.7 Å². The third-order valence-electron chi connectivity index (χ3n) is 3.04. The molecule has 2 rings (SSSR count). The molecule has 0 spiro atoms. The van der Waals surface area contributed by atoms with E-state index < -0.39 is 0 Å². The molecule has 98 valence electrons. The molecular weight excluding hydrogens is 244 g/mol. The molecule has 0 bridgehead atoms. The first kappa shape index (κ1) is 13.1. The molecule has 0 unspecified atom stereocenters. The summed E-state index contributed by atoms with van der Waals surface area (Å²) in [7, 11) is 0. The number of nitrogen functional groups attached to an aromatic ring is 1. The molecule has 0 fully saturated rings. The van der Waals surface area contributed by atoms with Crippen molar-refractivity contribution in [2.24, 2.45) is 0 Å². The van der Waals surface area contributed by atoms with Gasteiger partial charge in [0.05, 0.1) is 29.3 Å². The summed E-state index contributed by atoms with van der Waals surface area (Å²) in [5.41, 5.74) is 9.85. The molecule has 0 aliphatic carbocycles. The molecule has 2 aromatic rings. The lowest BCUT2D eigenvalue weighted by molar-refractivity contribution is 0.567. The molecule has 0 saturated carbocycles. The summed E-state index contributed by atoms with van der Waals surface area (Å²) in [6.45, 7) is 11.1. The van der Waals surface area contributed by atoms with Crippen LogP contribution in [-0.2, 0) is 12.0 Å². The summed E-state index contributed by atoms with van der Waals surface area (Å²) >= 11 is 1.68. The predicted molar refractivity (Wildman–Crippen MR) is 76.0 cm³/mol. The highest BCUT2D eigenvalue weighted by Crippen LogP contribution is 2.25. The number of aryl methyl sites for hydroxylation is 1. The second-order valence-electron chi connectivity index (χ2n) is 5.62. The van der Waals surface area contributed by atoms with Crippen LogP contribution in [0, 0.1) is 13.8 Å². The van der Waals surface area contributed by atoms with E-state index in [2.05, 4.69) is 36.2 Å². The number of nitrogens with zero attached hydrogens (tertiary/aromatic N) is 3. The molecule has 0 aliphatic heterocycles. The monoisotopic (exact) mass is 264 g/mol. The maximum atomic E-state index is 5.93. The van der Waals surface area contributed by atoms with Crippen LogP contribution in [0.5, 0.6) is 0 Å². The van der Waals surface area contributed by atoms with Gasteiger partial charge in [-0.3, -0.25) is 4.68 Å². The first-order chi connectivity index (χ1) is 8.29. The summed E-state index contributed by atoms with van der Waals surface area (Å²) in [6, 6.07) is 0. The standard InChI is InChI=1S/C13H20N4S/c1-8-12(14)9(2)17(16-8)6-11-15-10(7-18-11)13(3,4)5/h7H,6,14H2,1-5H3. The zero-order chi connectivity index (χ0) is 13.5. The Morgan fingerprint density at radius 3 is 2.44 bits per heavy atom. The molecule has 2 heterocycles. The zero-order valence-corrected chi connectivity index (χ0v) is 12.4. The molecule has 0 radical (unpaired) electrons. The third-order valence-corrected chi connectivity index (χ3v) is 3.88. The Labute approximate surface area is 112 Å². The average molecular weight is 264 g/mol. The van der Waals surface area contributed by atoms with Crippen molar-refractivity contribution in [2.45, 2.75) is 46.6 Å². The lowest BCUT2D eigenvalue weighted by Gasteiger charge is -2.14. The first-order valence-corrected chi connectivity index (χ1v) is 6.91. The fourth-order valence-corrected chi connectivity index (χ4v) is 2.72. The Bertz CT molecular complexity index is 560. The van der Waals surface area contributed by atoms with Gasteiger partial charge in [-0.1, -0.05) is 20.8 Å². The maximum absolute atomic E-state index is 5.93. The van der Waals surface area contributed by atoms with Crippen molar-refractivity contribution in [3.05, 3.63) is 27.5 Å². The van der Waals surface area contributed by atoms with Gasteiger partial charge >= 0.3 is 0 Å². The quantitative estimate of drug-likeness (QED) is 0.907. The van der Waals surface area contributed by atoms with E-state index in [0.717, 1.165) is 27.8 Å². The second-order valence-corrected chi connectivity index (χ2v) is 6.56. The van der Waals surface area contributed by atoms with Crippen molar-refractivity contribution in [1.29, 1.82) is 0 Å². The third kappa shape index (κ3) is 2.41. The van der Waals surface area contributed by atoms with Gasteiger partial charge in [-0.15, -0.1) is 11.3 Å². The number of anilines is 1. The van der Waals surface area contributed by atoms with E-state index in [9.17, 15) is 0 Å². The van der Waals surface area contributed by atoms with Gasteiger partial charge in [0.25, 0.3) is 0 Å². The summed E-state index contributed by atoms with van der Waals surface area (Å²) in [6.07, 6.45) is 0. The molecule has 0 aliphatic rings. The molecule has 5 heteroatoms. The molecule has 18 heavy (non-hydrogen) atoms. The van der Waals surface area contributed by atoms with Crippen LogP contribution in [0.3, 0.4) is 0 Å². The zero-order valence-electron chi connectivity index (χ0n) is 11.6. The van der Waals surface area contributed by atoms with Crippen LogP contribution in [-0.4, -0.2) is 14.8 Å². The number of rotatable bonds is 2. The van der Waals surface area contributed by atoms with E-state index in [1.165, 1.54) is 0 Å². The van der Waals surface area contributed by atoms with Crippen LogP contribution < -0.4 is 5.73 Å². The second kappa shape index (κ2) is 4.39. The van der Waals surface area contributed by atoms with Gasteiger partial charge in [-0.2, -0.15) is 5.10 Å². The van der Waals surface area contributed by atoms with Gasteiger partial charge in [0, 0.05) is 10.8 Å². The lowest BCUT2D eigenvalue weighted by Crippen LogP contribution is -2.12. The number of hydrogen-bond acceptors (Lipinski definition) is 4. The summed E-state index contributed by atoms with van der Waals surface area (Å²) < 4.78 is 1.93. The molecule has 4 nitrogen and oxygen atoms in total. The Morgan fingerprint density at radius 1 is 1.33 bits per heavy atom. The smallest absolute Gasteiger partial charge is 0.114 e. The largest absolute Gasteiger partial charge is 0.396 e. The van der Waals surface area contributed by atoms with Gasteiger partial charge in [0.1, 0.15) is 5.01 Å². The molecule has 0 aromatic carbocycles. The van der Waals surface area contributed by atoms with Crippen LogP contribution in [0.2, 0.25) is 0 Å². The minimum atomic E-state index is 0.100. The normalized spacial score (nSPS) is 12.1. The predicted octanol–water partition coefficient (Wildman–Crippen LogP) is 2.88. The fourth-order valence-electron chi connectivity index (χ4n) is 1.72. The Kier molecular flexibility index (Phi) is 3.19. The van der Waals surface area contributed by atoms with E-state index in [-0.39, 0.29) is 5.41 Å². The number of hydrogen-bond donors (Lipinski definition) is 1. The molecular formula is C13H20N4S. The summed E-state index contributed by atoms with van der Waals surface area (Å²) in [4.78, 5) is 4.67. The SMILES string of the molecule is Cc1nn(Cc2nc(C(C)(C)C)cs2)c(C)c1N. The Hall–Kier alpha value is -1.36. The maximum Gasteiger partial charge on any atom is 0.114 e. The highest BCUT2D eigenvalue weighted by atomic mass is 32.1. The summed E-state index contributed by atoms with van der Waals surface area (Å²) in [5.74, 6) is 0. The van der Waals surface area contributed by atoms with E-state index in [4.69, 9.17) is 5.73 Å². The van der Waals surface area contributed by atoms with Crippen molar-refractivity contribution in [1.82, 2.24) is 14.8 Å². The lowest BCUT2D eigenvalue weighted by atomic mass is 9.93. The van der Waals surface area contributed by atoms with Crippen LogP contribution in [0.15, 0.2) is 5.38 Å². The van der Waals surface area contributed by atoms with Crippen LogP contribution >= 0.6 is 11.3 Å². The van der Waals surface area contributed by atoms with Crippen molar-refractivity contribution in [3.63, 3.8) is 0 Å².